The molecule has 2 heterocycles. The first-order chi connectivity index (χ1) is 8.16. The number of pyridine rings is 2. The molecule has 17 heavy (non-hydrogen) atoms. The fraction of sp³-hybridized carbons (Fsp3) is 0.143. The number of benzene rings is 1. The van der Waals surface area contributed by atoms with Crippen molar-refractivity contribution >= 4 is 33.1 Å². The molecule has 0 spiro atoms. The van der Waals surface area contributed by atoms with Gasteiger partial charge in [-0.15, -0.1) is 0 Å². The lowest BCUT2D eigenvalue weighted by Gasteiger charge is -2.07. The van der Waals surface area contributed by atoms with Gasteiger partial charge in [0.2, 0.25) is 0 Å². The lowest BCUT2D eigenvalue weighted by molar-refractivity contribution is 1.15. The van der Waals surface area contributed by atoms with E-state index in [0.29, 0.717) is 5.15 Å². The largest absolute Gasteiger partial charge is 0.258 e. The molecule has 3 aromatic rings. The third-order valence-corrected chi connectivity index (χ3v) is 3.33. The average Bonchev–Trinajstić information content (AvgIpc) is 2.29. The van der Waals surface area contributed by atoms with E-state index in [1.54, 1.807) is 6.20 Å². The Morgan fingerprint density at radius 1 is 0.941 bits per heavy atom. The number of rotatable bonds is 0. The van der Waals surface area contributed by atoms with E-state index in [1.165, 1.54) is 10.8 Å². The van der Waals surface area contributed by atoms with Gasteiger partial charge in [-0.2, -0.15) is 0 Å². The molecule has 0 saturated heterocycles. The minimum Gasteiger partial charge on any atom is -0.258 e. The van der Waals surface area contributed by atoms with E-state index in [1.807, 2.05) is 26.0 Å². The van der Waals surface area contributed by atoms with E-state index in [-0.39, 0.29) is 0 Å². The van der Waals surface area contributed by atoms with Crippen molar-refractivity contribution in [1.29, 1.82) is 0 Å². The van der Waals surface area contributed by atoms with Gasteiger partial charge < -0.3 is 0 Å². The Morgan fingerprint density at radius 3 is 2.53 bits per heavy atom. The fourth-order valence-electron chi connectivity index (χ4n) is 2.28. The molecule has 0 N–H and O–H groups in total. The molecule has 0 aliphatic rings. The van der Waals surface area contributed by atoms with Gasteiger partial charge in [-0.25, -0.2) is 4.98 Å². The van der Waals surface area contributed by atoms with E-state index in [9.17, 15) is 0 Å². The van der Waals surface area contributed by atoms with Gasteiger partial charge in [0.1, 0.15) is 5.15 Å². The second kappa shape index (κ2) is 3.67. The summed E-state index contributed by atoms with van der Waals surface area (Å²) >= 11 is 6.11. The number of aromatic nitrogens is 2. The highest BCUT2D eigenvalue weighted by Gasteiger charge is 2.07. The quantitative estimate of drug-likeness (QED) is 0.439. The van der Waals surface area contributed by atoms with Crippen molar-refractivity contribution in [2.24, 2.45) is 0 Å². The molecule has 0 aliphatic heterocycles. The maximum atomic E-state index is 6.11. The number of hydrogen-bond donors (Lipinski definition) is 0. The van der Waals surface area contributed by atoms with Gasteiger partial charge in [0.15, 0.2) is 0 Å². The Balaban J connectivity index is 2.60. The first kappa shape index (κ1) is 10.5. The highest BCUT2D eigenvalue weighted by atomic mass is 35.5. The van der Waals surface area contributed by atoms with Gasteiger partial charge in [-0.1, -0.05) is 23.7 Å². The van der Waals surface area contributed by atoms with Crippen LogP contribution in [0.5, 0.6) is 0 Å². The van der Waals surface area contributed by atoms with Crippen molar-refractivity contribution in [2.45, 2.75) is 13.8 Å². The van der Waals surface area contributed by atoms with Gasteiger partial charge in [-0.3, -0.25) is 4.98 Å². The predicted molar refractivity (Wildman–Crippen MR) is 71.5 cm³/mol. The highest BCUT2D eigenvalue weighted by molar-refractivity contribution is 6.35. The van der Waals surface area contributed by atoms with Crippen LogP contribution in [0.4, 0.5) is 0 Å². The molecule has 0 amide bonds. The zero-order chi connectivity index (χ0) is 12.0. The van der Waals surface area contributed by atoms with Crippen LogP contribution in [0.3, 0.4) is 0 Å². The second-order valence-corrected chi connectivity index (χ2v) is 4.56. The molecule has 84 valence electrons. The zero-order valence-electron chi connectivity index (χ0n) is 9.66. The molecule has 0 unspecified atom stereocenters. The molecule has 0 atom stereocenters. The van der Waals surface area contributed by atoms with Crippen LogP contribution in [0, 0.1) is 13.8 Å². The summed E-state index contributed by atoms with van der Waals surface area (Å²) in [7, 11) is 0. The van der Waals surface area contributed by atoms with Crippen molar-refractivity contribution in [3.05, 3.63) is 47.0 Å². The lowest BCUT2D eigenvalue weighted by atomic mass is 10.0. The number of halogens is 1. The third-order valence-electron chi connectivity index (χ3n) is 3.03. The lowest BCUT2D eigenvalue weighted by Crippen LogP contribution is -1.89. The van der Waals surface area contributed by atoms with Crippen LogP contribution in [-0.2, 0) is 0 Å². The van der Waals surface area contributed by atoms with Crippen LogP contribution in [0.15, 0.2) is 30.5 Å². The smallest absolute Gasteiger partial charge is 0.136 e. The first-order valence-electron chi connectivity index (χ1n) is 5.48. The minimum atomic E-state index is 0.552. The van der Waals surface area contributed by atoms with Crippen LogP contribution < -0.4 is 0 Å². The number of nitrogens with zero attached hydrogens (tertiary/aromatic N) is 2. The standard InChI is InChI=1S/C14H11ClN2/c1-8-7-13-10(9(2)17-8)3-4-12-11(13)5-6-16-14(12)15/h3-7H,1-2H3. The summed E-state index contributed by atoms with van der Waals surface area (Å²) in [6, 6.07) is 8.17. The highest BCUT2D eigenvalue weighted by Crippen LogP contribution is 2.30. The molecule has 0 radical (unpaired) electrons. The van der Waals surface area contributed by atoms with Crippen molar-refractivity contribution < 1.29 is 0 Å². The van der Waals surface area contributed by atoms with E-state index in [2.05, 4.69) is 22.1 Å². The predicted octanol–water partition coefficient (Wildman–Crippen LogP) is 4.05. The van der Waals surface area contributed by atoms with Crippen LogP contribution in [0.2, 0.25) is 5.15 Å². The molecule has 0 aliphatic carbocycles. The summed E-state index contributed by atoms with van der Waals surface area (Å²) in [5.74, 6) is 0. The Morgan fingerprint density at radius 2 is 1.71 bits per heavy atom. The molecule has 0 bridgehead atoms. The van der Waals surface area contributed by atoms with Gasteiger partial charge >= 0.3 is 0 Å². The summed E-state index contributed by atoms with van der Waals surface area (Å²) < 4.78 is 0. The molecule has 3 heteroatoms. The molecule has 2 aromatic heterocycles. The molecule has 1 aromatic carbocycles. The van der Waals surface area contributed by atoms with E-state index in [0.717, 1.165) is 22.2 Å². The van der Waals surface area contributed by atoms with Crippen LogP contribution in [-0.4, -0.2) is 9.97 Å². The van der Waals surface area contributed by atoms with Crippen LogP contribution in [0.1, 0.15) is 11.4 Å². The maximum Gasteiger partial charge on any atom is 0.136 e. The number of fused-ring (bicyclic) bond motifs is 3. The summed E-state index contributed by atoms with van der Waals surface area (Å²) in [5, 5.41) is 5.04. The number of aryl methyl sites for hydroxylation is 2. The van der Waals surface area contributed by atoms with Gasteiger partial charge in [0.05, 0.1) is 0 Å². The summed E-state index contributed by atoms with van der Waals surface area (Å²) in [4.78, 5) is 8.59. The van der Waals surface area contributed by atoms with Crippen molar-refractivity contribution in [3.8, 4) is 0 Å². The summed E-state index contributed by atoms with van der Waals surface area (Å²) in [6.45, 7) is 4.04. The normalized spacial score (nSPS) is 11.2. The minimum absolute atomic E-state index is 0.552. The Bertz CT molecular complexity index is 735. The molecule has 2 nitrogen and oxygen atoms in total. The second-order valence-electron chi connectivity index (χ2n) is 4.21. The Labute approximate surface area is 104 Å². The fourth-order valence-corrected chi connectivity index (χ4v) is 2.50. The maximum absolute atomic E-state index is 6.11. The zero-order valence-corrected chi connectivity index (χ0v) is 10.4. The molecular weight excluding hydrogens is 232 g/mol. The van der Waals surface area contributed by atoms with Crippen LogP contribution in [0.25, 0.3) is 21.5 Å². The summed E-state index contributed by atoms with van der Waals surface area (Å²) in [6.07, 6.45) is 1.75. The topological polar surface area (TPSA) is 25.8 Å². The summed E-state index contributed by atoms with van der Waals surface area (Å²) in [5.41, 5.74) is 2.07. The van der Waals surface area contributed by atoms with Crippen molar-refractivity contribution in [2.75, 3.05) is 0 Å². The monoisotopic (exact) mass is 242 g/mol. The van der Waals surface area contributed by atoms with Crippen LogP contribution >= 0.6 is 11.6 Å². The molecular formula is C14H11ClN2. The van der Waals surface area contributed by atoms with E-state index < -0.39 is 0 Å². The third kappa shape index (κ3) is 1.56. The average molecular weight is 243 g/mol. The SMILES string of the molecule is Cc1cc2c(ccc3c(Cl)nccc32)c(C)n1. The molecule has 0 saturated carbocycles. The first-order valence-corrected chi connectivity index (χ1v) is 5.86. The Hall–Kier alpha value is -1.67. The van der Waals surface area contributed by atoms with Crippen molar-refractivity contribution in [1.82, 2.24) is 9.97 Å². The number of hydrogen-bond acceptors (Lipinski definition) is 2. The van der Waals surface area contributed by atoms with Gasteiger partial charge in [0, 0.05) is 28.4 Å². The van der Waals surface area contributed by atoms with E-state index >= 15 is 0 Å². The Kier molecular flexibility index (Phi) is 2.26. The molecule has 0 fully saturated rings. The van der Waals surface area contributed by atoms with Crippen molar-refractivity contribution in [3.63, 3.8) is 0 Å². The van der Waals surface area contributed by atoms with Gasteiger partial charge in [-0.05, 0) is 36.8 Å². The van der Waals surface area contributed by atoms with E-state index in [4.69, 9.17) is 11.6 Å². The van der Waals surface area contributed by atoms with Gasteiger partial charge in [0.25, 0.3) is 0 Å². The molecule has 3 rings (SSSR count).